The number of H-pyrrole nitrogens is 2. The summed E-state index contributed by atoms with van der Waals surface area (Å²) in [6.45, 7) is 2.04. The molecule has 2 heterocycles. The molecule has 6 nitrogen and oxygen atoms in total. The number of aryl methyl sites for hydroxylation is 1. The van der Waals surface area contributed by atoms with Crippen molar-refractivity contribution in [1.29, 1.82) is 0 Å². The molecule has 0 saturated heterocycles. The van der Waals surface area contributed by atoms with Gasteiger partial charge in [0, 0.05) is 0 Å². The van der Waals surface area contributed by atoms with Crippen LogP contribution in [0, 0.1) is 6.92 Å². The third-order valence-electron chi connectivity index (χ3n) is 5.62. The molecule has 0 spiro atoms. The molecule has 2 aromatic heterocycles. The number of benzene rings is 3. The molecule has 0 saturated carbocycles. The number of aromatic nitrogens is 4. The SMILES string of the molecule is Cc1cccc(C(c2ccccc2)(c2ccccc2)n2cnc3[nH]c(=O)[nH]c(=O)c32)c1. The fraction of sp³-hybridized carbons (Fsp3) is 0.0800. The van der Waals surface area contributed by atoms with Crippen LogP contribution in [0.1, 0.15) is 22.3 Å². The highest BCUT2D eigenvalue weighted by Crippen LogP contribution is 2.42. The maximum atomic E-state index is 13.0. The minimum atomic E-state index is -0.880. The van der Waals surface area contributed by atoms with Gasteiger partial charge in [-0.15, -0.1) is 0 Å². The van der Waals surface area contributed by atoms with Gasteiger partial charge >= 0.3 is 5.69 Å². The van der Waals surface area contributed by atoms with E-state index in [9.17, 15) is 9.59 Å². The van der Waals surface area contributed by atoms with Gasteiger partial charge in [-0.3, -0.25) is 14.8 Å². The molecule has 2 N–H and O–H groups in total. The molecule has 0 fully saturated rings. The number of nitrogens with one attached hydrogen (secondary N) is 2. The molecule has 0 unspecified atom stereocenters. The van der Waals surface area contributed by atoms with E-state index in [0.717, 1.165) is 22.3 Å². The molecule has 5 rings (SSSR count). The van der Waals surface area contributed by atoms with Crippen LogP contribution in [0.15, 0.2) is 101 Å². The predicted molar refractivity (Wildman–Crippen MR) is 120 cm³/mol. The van der Waals surface area contributed by atoms with Crippen LogP contribution >= 0.6 is 0 Å². The fourth-order valence-corrected chi connectivity index (χ4v) is 4.36. The quantitative estimate of drug-likeness (QED) is 0.446. The number of hydrogen-bond donors (Lipinski definition) is 2. The van der Waals surface area contributed by atoms with Crippen molar-refractivity contribution < 1.29 is 0 Å². The van der Waals surface area contributed by atoms with Crippen LogP contribution in [0.3, 0.4) is 0 Å². The van der Waals surface area contributed by atoms with Crippen molar-refractivity contribution in [3.05, 3.63) is 134 Å². The predicted octanol–water partition coefficient (Wildman–Crippen LogP) is 3.56. The van der Waals surface area contributed by atoms with E-state index in [2.05, 4.69) is 27.1 Å². The Hall–Kier alpha value is -4.19. The van der Waals surface area contributed by atoms with Crippen LogP contribution in [-0.2, 0) is 5.54 Å². The second-order valence-corrected chi connectivity index (χ2v) is 7.53. The smallest absolute Gasteiger partial charge is 0.306 e. The molecule has 152 valence electrons. The third-order valence-corrected chi connectivity index (χ3v) is 5.62. The van der Waals surface area contributed by atoms with Crippen LogP contribution < -0.4 is 11.2 Å². The Morgan fingerprint density at radius 2 is 1.39 bits per heavy atom. The van der Waals surface area contributed by atoms with Gasteiger partial charge in [-0.25, -0.2) is 9.78 Å². The molecule has 6 heteroatoms. The Morgan fingerprint density at radius 3 is 2.00 bits per heavy atom. The first-order valence-electron chi connectivity index (χ1n) is 9.99. The van der Waals surface area contributed by atoms with Crippen LogP contribution in [0.25, 0.3) is 11.2 Å². The lowest BCUT2D eigenvalue weighted by Gasteiger charge is -2.37. The lowest BCUT2D eigenvalue weighted by atomic mass is 9.76. The van der Waals surface area contributed by atoms with Gasteiger partial charge in [-0.05, 0) is 23.6 Å². The Morgan fingerprint density at radius 1 is 0.774 bits per heavy atom. The van der Waals surface area contributed by atoms with E-state index in [1.165, 1.54) is 0 Å². The highest BCUT2D eigenvalue weighted by Gasteiger charge is 2.40. The molecule has 0 aliphatic heterocycles. The van der Waals surface area contributed by atoms with Gasteiger partial charge in [-0.1, -0.05) is 90.5 Å². The van der Waals surface area contributed by atoms with E-state index < -0.39 is 16.8 Å². The summed E-state index contributed by atoms with van der Waals surface area (Å²) >= 11 is 0. The molecule has 0 amide bonds. The molecular weight excluding hydrogens is 388 g/mol. The molecule has 0 aliphatic carbocycles. The summed E-state index contributed by atoms with van der Waals surface area (Å²) in [6.07, 6.45) is 1.62. The topological polar surface area (TPSA) is 83.5 Å². The lowest BCUT2D eigenvalue weighted by molar-refractivity contribution is 0.528. The van der Waals surface area contributed by atoms with Crippen molar-refractivity contribution in [3.63, 3.8) is 0 Å². The zero-order chi connectivity index (χ0) is 21.4. The first-order valence-corrected chi connectivity index (χ1v) is 9.99. The summed E-state index contributed by atoms with van der Waals surface area (Å²) < 4.78 is 1.86. The van der Waals surface area contributed by atoms with Crippen molar-refractivity contribution >= 4 is 11.2 Å². The number of nitrogens with zero attached hydrogens (tertiary/aromatic N) is 2. The number of aromatic amines is 2. The van der Waals surface area contributed by atoms with E-state index in [1.807, 2.05) is 84.3 Å². The van der Waals surface area contributed by atoms with Crippen molar-refractivity contribution in [2.75, 3.05) is 0 Å². The molecule has 0 aliphatic rings. The first-order chi connectivity index (χ1) is 15.1. The minimum absolute atomic E-state index is 0.248. The van der Waals surface area contributed by atoms with Crippen LogP contribution in [0.5, 0.6) is 0 Å². The monoisotopic (exact) mass is 408 g/mol. The molecule has 31 heavy (non-hydrogen) atoms. The van der Waals surface area contributed by atoms with Crippen LogP contribution in [-0.4, -0.2) is 19.5 Å². The molecule has 5 aromatic rings. The lowest BCUT2D eigenvalue weighted by Crippen LogP contribution is -2.39. The number of imidazole rings is 1. The Balaban J connectivity index is 2.02. The van der Waals surface area contributed by atoms with Crippen molar-refractivity contribution in [2.45, 2.75) is 12.5 Å². The second kappa shape index (κ2) is 7.25. The maximum absolute atomic E-state index is 13.0. The first kappa shape index (κ1) is 18.8. The molecule has 3 aromatic carbocycles. The van der Waals surface area contributed by atoms with Gasteiger partial charge < -0.3 is 4.57 Å². The molecule has 0 atom stereocenters. The number of hydrogen-bond acceptors (Lipinski definition) is 3. The van der Waals surface area contributed by atoms with Gasteiger partial charge in [0.25, 0.3) is 5.56 Å². The number of fused-ring (bicyclic) bond motifs is 1. The minimum Gasteiger partial charge on any atom is -0.306 e. The van der Waals surface area contributed by atoms with Crippen molar-refractivity contribution in [1.82, 2.24) is 19.5 Å². The Bertz CT molecular complexity index is 1440. The van der Waals surface area contributed by atoms with Crippen molar-refractivity contribution in [3.8, 4) is 0 Å². The summed E-state index contributed by atoms with van der Waals surface area (Å²) in [5, 5.41) is 0. The van der Waals surface area contributed by atoms with E-state index >= 15 is 0 Å². The Labute approximate surface area is 177 Å². The highest BCUT2D eigenvalue weighted by atomic mass is 16.2. The zero-order valence-corrected chi connectivity index (χ0v) is 16.9. The van der Waals surface area contributed by atoms with Gasteiger partial charge in [0.15, 0.2) is 11.2 Å². The molecular formula is C25H20N4O2. The van der Waals surface area contributed by atoms with Gasteiger partial charge in [-0.2, -0.15) is 0 Å². The van der Waals surface area contributed by atoms with Crippen molar-refractivity contribution in [2.24, 2.45) is 0 Å². The summed E-state index contributed by atoms with van der Waals surface area (Å²) in [5.74, 6) is 0. The molecule has 0 radical (unpaired) electrons. The Kier molecular flexibility index (Phi) is 4.40. The maximum Gasteiger partial charge on any atom is 0.327 e. The summed E-state index contributed by atoms with van der Waals surface area (Å²) in [6, 6.07) is 28.2. The van der Waals surface area contributed by atoms with E-state index in [4.69, 9.17) is 0 Å². The van der Waals surface area contributed by atoms with Gasteiger partial charge in [0.1, 0.15) is 5.54 Å². The second-order valence-electron chi connectivity index (χ2n) is 7.53. The summed E-state index contributed by atoms with van der Waals surface area (Å²) in [5.41, 5.74) is 2.62. The van der Waals surface area contributed by atoms with Gasteiger partial charge in [0.05, 0.1) is 6.33 Å². The largest absolute Gasteiger partial charge is 0.327 e. The average Bonchev–Trinajstić information content (AvgIpc) is 3.20. The van der Waals surface area contributed by atoms with Crippen LogP contribution in [0.4, 0.5) is 0 Å². The van der Waals surface area contributed by atoms with E-state index in [1.54, 1.807) is 6.33 Å². The third kappa shape index (κ3) is 2.92. The normalized spacial score (nSPS) is 11.6. The van der Waals surface area contributed by atoms with E-state index in [0.29, 0.717) is 5.52 Å². The van der Waals surface area contributed by atoms with E-state index in [-0.39, 0.29) is 5.65 Å². The fourth-order valence-electron chi connectivity index (χ4n) is 4.36. The molecule has 0 bridgehead atoms. The summed E-state index contributed by atoms with van der Waals surface area (Å²) in [4.78, 5) is 34.2. The van der Waals surface area contributed by atoms with Gasteiger partial charge in [0.2, 0.25) is 0 Å². The summed E-state index contributed by atoms with van der Waals surface area (Å²) in [7, 11) is 0. The standard InChI is InChI=1S/C25H20N4O2/c1-17-9-8-14-20(15-17)25(18-10-4-2-5-11-18,19-12-6-3-7-13-19)29-16-26-22-21(29)23(30)28-24(31)27-22/h2-16H,1H3,(H2,27,28,30,31). The number of rotatable bonds is 4. The van der Waals surface area contributed by atoms with Crippen LogP contribution in [0.2, 0.25) is 0 Å². The zero-order valence-electron chi connectivity index (χ0n) is 16.9. The average molecular weight is 408 g/mol. The highest BCUT2D eigenvalue weighted by molar-refractivity contribution is 5.71.